The molecule has 0 spiro atoms. The zero-order valence-electron chi connectivity index (χ0n) is 12.2. The highest BCUT2D eigenvalue weighted by Gasteiger charge is 2.49. The lowest BCUT2D eigenvalue weighted by atomic mass is 9.74. The van der Waals surface area contributed by atoms with E-state index < -0.39 is 0 Å². The Balaban J connectivity index is 1.63. The molecule has 0 heterocycles. The van der Waals surface area contributed by atoms with E-state index in [9.17, 15) is 0 Å². The molecule has 3 N–H and O–H groups in total. The summed E-state index contributed by atoms with van der Waals surface area (Å²) in [5, 5.41) is 3.95. The summed E-state index contributed by atoms with van der Waals surface area (Å²) < 4.78 is 0. The van der Waals surface area contributed by atoms with Crippen LogP contribution >= 0.6 is 0 Å². The van der Waals surface area contributed by atoms with Gasteiger partial charge in [-0.05, 0) is 68.2 Å². The van der Waals surface area contributed by atoms with Gasteiger partial charge in [-0.15, -0.1) is 0 Å². The van der Waals surface area contributed by atoms with Gasteiger partial charge < -0.3 is 11.1 Å². The average Bonchev–Trinajstić information content (AvgIpc) is 3.20. The van der Waals surface area contributed by atoms with Crippen molar-refractivity contribution >= 4 is 0 Å². The molecule has 3 aliphatic carbocycles. The summed E-state index contributed by atoms with van der Waals surface area (Å²) in [4.78, 5) is 0. The highest BCUT2D eigenvalue weighted by molar-refractivity contribution is 5.06. The van der Waals surface area contributed by atoms with Gasteiger partial charge in [-0.2, -0.15) is 0 Å². The van der Waals surface area contributed by atoms with E-state index in [1.54, 1.807) is 0 Å². The van der Waals surface area contributed by atoms with Gasteiger partial charge in [0.2, 0.25) is 0 Å². The van der Waals surface area contributed by atoms with Crippen LogP contribution in [0, 0.1) is 23.2 Å². The third-order valence-corrected chi connectivity index (χ3v) is 6.18. The molecule has 1 atom stereocenters. The van der Waals surface area contributed by atoms with E-state index in [4.69, 9.17) is 5.73 Å². The maximum atomic E-state index is 6.15. The van der Waals surface area contributed by atoms with Crippen LogP contribution in [0.3, 0.4) is 0 Å². The molecule has 3 aliphatic rings. The summed E-state index contributed by atoms with van der Waals surface area (Å²) >= 11 is 0. The first-order valence-corrected chi connectivity index (χ1v) is 8.03. The normalized spacial score (nSPS) is 35.3. The van der Waals surface area contributed by atoms with Crippen molar-refractivity contribution in [3.05, 3.63) is 0 Å². The fourth-order valence-corrected chi connectivity index (χ4v) is 4.27. The zero-order chi connectivity index (χ0) is 12.8. The molecule has 18 heavy (non-hydrogen) atoms. The van der Waals surface area contributed by atoms with Gasteiger partial charge in [0.25, 0.3) is 0 Å². The largest absolute Gasteiger partial charge is 0.329 e. The molecule has 0 amide bonds. The van der Waals surface area contributed by atoms with Crippen molar-refractivity contribution in [3.8, 4) is 0 Å². The van der Waals surface area contributed by atoms with Gasteiger partial charge in [-0.1, -0.05) is 20.3 Å². The average molecular weight is 250 g/mol. The Labute approximate surface area is 112 Å². The van der Waals surface area contributed by atoms with Gasteiger partial charge in [-0.25, -0.2) is 0 Å². The third kappa shape index (κ3) is 2.22. The molecular weight excluding hydrogens is 220 g/mol. The molecule has 0 aliphatic heterocycles. The summed E-state index contributed by atoms with van der Waals surface area (Å²) in [5.41, 5.74) is 6.74. The van der Waals surface area contributed by atoms with Crippen LogP contribution in [0.5, 0.6) is 0 Å². The second-order valence-corrected chi connectivity index (χ2v) is 7.74. The van der Waals surface area contributed by atoms with E-state index in [1.807, 2.05) is 0 Å². The molecular formula is C16H30N2. The van der Waals surface area contributed by atoms with Gasteiger partial charge in [0.1, 0.15) is 0 Å². The van der Waals surface area contributed by atoms with Crippen LogP contribution in [-0.4, -0.2) is 18.6 Å². The summed E-state index contributed by atoms with van der Waals surface area (Å²) in [5.74, 6) is 3.05. The first-order chi connectivity index (χ1) is 8.58. The minimum absolute atomic E-state index is 0.217. The molecule has 0 saturated heterocycles. The molecule has 104 valence electrons. The first-order valence-electron chi connectivity index (χ1n) is 8.03. The Bertz CT molecular complexity index is 292. The van der Waals surface area contributed by atoms with Gasteiger partial charge in [0.15, 0.2) is 0 Å². The van der Waals surface area contributed by atoms with E-state index in [1.165, 1.54) is 51.5 Å². The minimum Gasteiger partial charge on any atom is -0.329 e. The number of hydrogen-bond acceptors (Lipinski definition) is 2. The minimum atomic E-state index is 0.217. The van der Waals surface area contributed by atoms with Crippen molar-refractivity contribution in [2.45, 2.75) is 64.3 Å². The standard InChI is InChI=1S/C16H30N2/c1-15(2)8-3-9-16(15,11-17)18-10-14(12-4-5-12)13-6-7-13/h12-14,18H,3-11,17H2,1-2H3. The van der Waals surface area contributed by atoms with Gasteiger partial charge in [0, 0.05) is 12.1 Å². The maximum absolute atomic E-state index is 6.15. The van der Waals surface area contributed by atoms with Crippen molar-refractivity contribution in [3.63, 3.8) is 0 Å². The lowest BCUT2D eigenvalue weighted by Crippen LogP contribution is -2.59. The highest BCUT2D eigenvalue weighted by atomic mass is 15.0. The van der Waals surface area contributed by atoms with Gasteiger partial charge >= 0.3 is 0 Å². The maximum Gasteiger partial charge on any atom is 0.0355 e. The van der Waals surface area contributed by atoms with E-state index in [0.717, 1.165) is 24.3 Å². The van der Waals surface area contributed by atoms with E-state index in [2.05, 4.69) is 19.2 Å². The highest BCUT2D eigenvalue weighted by Crippen LogP contribution is 2.50. The van der Waals surface area contributed by atoms with Crippen molar-refractivity contribution < 1.29 is 0 Å². The van der Waals surface area contributed by atoms with Crippen LogP contribution < -0.4 is 11.1 Å². The summed E-state index contributed by atoms with van der Waals surface area (Å²) in [7, 11) is 0. The number of hydrogen-bond donors (Lipinski definition) is 2. The molecule has 2 heteroatoms. The fraction of sp³-hybridized carbons (Fsp3) is 1.00. The third-order valence-electron chi connectivity index (χ3n) is 6.18. The Morgan fingerprint density at radius 3 is 2.11 bits per heavy atom. The van der Waals surface area contributed by atoms with E-state index in [-0.39, 0.29) is 5.54 Å². The van der Waals surface area contributed by atoms with Crippen molar-refractivity contribution in [2.75, 3.05) is 13.1 Å². The predicted octanol–water partition coefficient (Wildman–Crippen LogP) is 2.92. The number of nitrogens with two attached hydrogens (primary N) is 1. The molecule has 0 aromatic carbocycles. The Hall–Kier alpha value is -0.0800. The summed E-state index contributed by atoms with van der Waals surface area (Å²) in [6.45, 7) is 6.85. The molecule has 1 unspecified atom stereocenters. The lowest BCUT2D eigenvalue weighted by molar-refractivity contribution is 0.150. The predicted molar refractivity (Wildman–Crippen MR) is 76.4 cm³/mol. The monoisotopic (exact) mass is 250 g/mol. The quantitative estimate of drug-likeness (QED) is 0.760. The smallest absolute Gasteiger partial charge is 0.0355 e. The Morgan fingerprint density at radius 1 is 1.11 bits per heavy atom. The fourth-order valence-electron chi connectivity index (χ4n) is 4.27. The molecule has 3 fully saturated rings. The molecule has 2 nitrogen and oxygen atoms in total. The Morgan fingerprint density at radius 2 is 1.72 bits per heavy atom. The van der Waals surface area contributed by atoms with Gasteiger partial charge in [-0.3, -0.25) is 0 Å². The summed E-state index contributed by atoms with van der Waals surface area (Å²) in [6.07, 6.45) is 9.90. The second-order valence-electron chi connectivity index (χ2n) is 7.74. The molecule has 0 aromatic heterocycles. The van der Waals surface area contributed by atoms with Crippen molar-refractivity contribution in [1.29, 1.82) is 0 Å². The van der Waals surface area contributed by atoms with Crippen LogP contribution in [0.15, 0.2) is 0 Å². The second kappa shape index (κ2) is 4.49. The van der Waals surface area contributed by atoms with Crippen LogP contribution in [0.2, 0.25) is 0 Å². The van der Waals surface area contributed by atoms with Gasteiger partial charge in [0.05, 0.1) is 0 Å². The first kappa shape index (κ1) is 12.9. The van der Waals surface area contributed by atoms with Crippen LogP contribution in [0.4, 0.5) is 0 Å². The topological polar surface area (TPSA) is 38.0 Å². The van der Waals surface area contributed by atoms with Crippen molar-refractivity contribution in [1.82, 2.24) is 5.32 Å². The number of nitrogens with one attached hydrogen (secondary N) is 1. The van der Waals surface area contributed by atoms with E-state index >= 15 is 0 Å². The summed E-state index contributed by atoms with van der Waals surface area (Å²) in [6, 6.07) is 0. The van der Waals surface area contributed by atoms with Crippen molar-refractivity contribution in [2.24, 2.45) is 28.9 Å². The molecule has 0 bridgehead atoms. The SMILES string of the molecule is CC1(C)CCCC1(CN)NCC(C1CC1)C1CC1. The molecule has 3 saturated carbocycles. The molecule has 0 radical (unpaired) electrons. The van der Waals surface area contributed by atoms with E-state index in [0.29, 0.717) is 5.41 Å². The molecule has 3 rings (SSSR count). The van der Waals surface area contributed by atoms with Crippen LogP contribution in [-0.2, 0) is 0 Å². The Kier molecular flexibility index (Phi) is 3.22. The van der Waals surface area contributed by atoms with Crippen LogP contribution in [0.1, 0.15) is 58.8 Å². The van der Waals surface area contributed by atoms with Crippen LogP contribution in [0.25, 0.3) is 0 Å². The number of rotatable bonds is 6. The lowest BCUT2D eigenvalue weighted by Gasteiger charge is -2.43. The molecule has 0 aromatic rings. The zero-order valence-corrected chi connectivity index (χ0v) is 12.2.